The lowest BCUT2D eigenvalue weighted by molar-refractivity contribution is -0.143. The van der Waals surface area contributed by atoms with E-state index in [0.29, 0.717) is 18.1 Å². The van der Waals surface area contributed by atoms with Crippen LogP contribution in [0.5, 0.6) is 0 Å². The molecule has 142 valence electrons. The Labute approximate surface area is 169 Å². The highest BCUT2D eigenvalue weighted by Gasteiger charge is 2.22. The lowest BCUT2D eigenvalue weighted by Crippen LogP contribution is -2.11. The number of hydrogen-bond donors (Lipinski definition) is 1. The highest BCUT2D eigenvalue weighted by molar-refractivity contribution is 7.98. The lowest BCUT2D eigenvalue weighted by atomic mass is 9.88. The summed E-state index contributed by atoms with van der Waals surface area (Å²) >= 11 is 7.96. The fraction of sp³-hybridized carbons (Fsp3) is 0.318. The van der Waals surface area contributed by atoms with Crippen LogP contribution in [-0.4, -0.2) is 23.3 Å². The van der Waals surface area contributed by atoms with Crippen LogP contribution in [0.25, 0.3) is 10.9 Å². The van der Waals surface area contributed by atoms with Crippen LogP contribution in [0.1, 0.15) is 42.9 Å². The van der Waals surface area contributed by atoms with E-state index >= 15 is 0 Å². The fourth-order valence-electron chi connectivity index (χ4n) is 3.35. The van der Waals surface area contributed by atoms with E-state index < -0.39 is 0 Å². The number of carbonyl (C=O) groups is 1. The molecule has 0 bridgehead atoms. The van der Waals surface area contributed by atoms with Crippen molar-refractivity contribution >= 4 is 40.2 Å². The van der Waals surface area contributed by atoms with Crippen molar-refractivity contribution < 1.29 is 9.53 Å². The van der Waals surface area contributed by atoms with Gasteiger partial charge in [-0.05, 0) is 41.5 Å². The number of thioether (sulfide) groups is 1. The summed E-state index contributed by atoms with van der Waals surface area (Å²) in [5.41, 5.74) is 4.61. The Morgan fingerprint density at radius 1 is 1.19 bits per heavy atom. The molecule has 0 aliphatic carbocycles. The number of para-hydroxylation sites is 1. The van der Waals surface area contributed by atoms with Crippen LogP contribution in [0.2, 0.25) is 5.02 Å². The van der Waals surface area contributed by atoms with Gasteiger partial charge in [-0.2, -0.15) is 11.8 Å². The average Bonchev–Trinajstić information content (AvgIpc) is 3.10. The molecular formula is C22H24ClNO2S. The van der Waals surface area contributed by atoms with Gasteiger partial charge in [-0.15, -0.1) is 0 Å². The van der Waals surface area contributed by atoms with Gasteiger partial charge in [0.2, 0.25) is 0 Å². The van der Waals surface area contributed by atoms with Gasteiger partial charge < -0.3 is 9.72 Å². The quantitative estimate of drug-likeness (QED) is 0.459. The Hall–Kier alpha value is -1.91. The van der Waals surface area contributed by atoms with Crippen LogP contribution >= 0.6 is 23.4 Å². The predicted octanol–water partition coefficient (Wildman–Crippen LogP) is 6.16. The number of aromatic amines is 1. The van der Waals surface area contributed by atoms with Crippen molar-refractivity contribution in [2.45, 2.75) is 31.9 Å². The highest BCUT2D eigenvalue weighted by Crippen LogP contribution is 2.35. The van der Waals surface area contributed by atoms with E-state index in [-0.39, 0.29) is 11.9 Å². The number of carbonyl (C=O) groups excluding carboxylic acids is 1. The summed E-state index contributed by atoms with van der Waals surface area (Å²) in [6.07, 6.45) is 2.33. The second-order valence-corrected chi connectivity index (χ2v) is 8.04. The number of benzene rings is 2. The van der Waals surface area contributed by atoms with E-state index in [1.54, 1.807) is 0 Å². The van der Waals surface area contributed by atoms with Gasteiger partial charge in [0.25, 0.3) is 0 Å². The maximum Gasteiger partial charge on any atom is 0.306 e. The molecule has 0 fully saturated rings. The minimum Gasteiger partial charge on any atom is -0.466 e. The lowest BCUT2D eigenvalue weighted by Gasteiger charge is -2.17. The topological polar surface area (TPSA) is 42.1 Å². The molecule has 5 heteroatoms. The van der Waals surface area contributed by atoms with Crippen molar-refractivity contribution in [1.82, 2.24) is 4.98 Å². The molecule has 3 aromatic rings. The summed E-state index contributed by atoms with van der Waals surface area (Å²) in [6, 6.07) is 14.1. The van der Waals surface area contributed by atoms with Gasteiger partial charge in [0.05, 0.1) is 13.0 Å². The Morgan fingerprint density at radius 2 is 1.96 bits per heavy atom. The number of hydrogen-bond acceptors (Lipinski definition) is 3. The zero-order chi connectivity index (χ0) is 19.2. The third kappa shape index (κ3) is 4.69. The van der Waals surface area contributed by atoms with Crippen molar-refractivity contribution in [3.05, 3.63) is 70.4 Å². The summed E-state index contributed by atoms with van der Waals surface area (Å²) in [5, 5.41) is 1.85. The second-order valence-electron chi connectivity index (χ2n) is 6.33. The molecule has 0 radical (unpaired) electrons. The number of aromatic nitrogens is 1. The molecule has 0 saturated heterocycles. The van der Waals surface area contributed by atoms with Crippen LogP contribution in [0.4, 0.5) is 0 Å². The smallest absolute Gasteiger partial charge is 0.306 e. The van der Waals surface area contributed by atoms with Gasteiger partial charge in [-0.3, -0.25) is 4.79 Å². The number of esters is 1. The molecule has 1 heterocycles. The minimum atomic E-state index is -0.190. The number of halogens is 1. The molecule has 0 aliphatic rings. The van der Waals surface area contributed by atoms with Gasteiger partial charge in [0.15, 0.2) is 0 Å². The first kappa shape index (κ1) is 19.8. The van der Waals surface area contributed by atoms with Crippen LogP contribution < -0.4 is 0 Å². The number of H-pyrrole nitrogens is 1. The van der Waals surface area contributed by atoms with E-state index in [4.69, 9.17) is 16.3 Å². The Kier molecular flexibility index (Phi) is 6.86. The first-order valence-corrected chi connectivity index (χ1v) is 10.7. The molecule has 0 amide bonds. The zero-order valence-electron chi connectivity index (χ0n) is 15.6. The third-order valence-corrected chi connectivity index (χ3v) is 5.79. The molecule has 3 rings (SSSR count). The molecule has 3 nitrogen and oxygen atoms in total. The monoisotopic (exact) mass is 401 g/mol. The minimum absolute atomic E-state index is 0.0795. The first-order chi connectivity index (χ1) is 13.1. The normalized spacial score (nSPS) is 12.3. The van der Waals surface area contributed by atoms with E-state index in [1.165, 1.54) is 5.56 Å². The molecule has 27 heavy (non-hydrogen) atoms. The van der Waals surface area contributed by atoms with Crippen molar-refractivity contribution in [1.29, 1.82) is 0 Å². The summed E-state index contributed by atoms with van der Waals surface area (Å²) in [6.45, 7) is 4.39. The van der Waals surface area contributed by atoms with Crippen LogP contribution in [0.15, 0.2) is 48.7 Å². The molecule has 1 atom stereocenters. The maximum absolute atomic E-state index is 12.3. The van der Waals surface area contributed by atoms with Gasteiger partial charge in [-0.1, -0.05) is 48.9 Å². The van der Waals surface area contributed by atoms with Crippen molar-refractivity contribution in [2.75, 3.05) is 12.4 Å². The standard InChI is InChI=1S/C22H24ClNO2S/c1-3-26-21(25)12-19(15-8-10-17(23)11-9-15)20-13-24-22-16(14-27-4-2)6-5-7-18(20)22/h5-11,13,19,24H,3-4,12,14H2,1-2H3. The highest BCUT2D eigenvalue weighted by atomic mass is 35.5. The molecule has 0 aliphatic heterocycles. The van der Waals surface area contributed by atoms with Crippen LogP contribution in [0.3, 0.4) is 0 Å². The summed E-state index contributed by atoms with van der Waals surface area (Å²) in [4.78, 5) is 15.7. The molecule has 0 saturated carbocycles. The van der Waals surface area contributed by atoms with Gasteiger partial charge in [0.1, 0.15) is 0 Å². The van der Waals surface area contributed by atoms with Crippen molar-refractivity contribution in [2.24, 2.45) is 0 Å². The fourth-order valence-corrected chi connectivity index (χ4v) is 4.14. The molecule has 1 unspecified atom stereocenters. The molecule has 2 aromatic carbocycles. The number of fused-ring (bicyclic) bond motifs is 1. The van der Waals surface area contributed by atoms with E-state index in [2.05, 4.69) is 30.1 Å². The summed E-state index contributed by atoms with van der Waals surface area (Å²) < 4.78 is 5.23. The molecule has 0 spiro atoms. The van der Waals surface area contributed by atoms with Crippen LogP contribution in [-0.2, 0) is 15.3 Å². The van der Waals surface area contributed by atoms with E-state index in [1.807, 2.05) is 49.1 Å². The number of rotatable bonds is 8. The van der Waals surface area contributed by atoms with Gasteiger partial charge in [-0.25, -0.2) is 0 Å². The third-order valence-electron chi connectivity index (χ3n) is 4.62. The summed E-state index contributed by atoms with van der Waals surface area (Å²) in [5.74, 6) is 1.78. The SMILES string of the molecule is CCOC(=O)CC(c1ccc(Cl)cc1)c1c[nH]c2c(CSCC)cccc12. The van der Waals surface area contributed by atoms with Crippen LogP contribution in [0, 0.1) is 0 Å². The van der Waals surface area contributed by atoms with E-state index in [9.17, 15) is 4.79 Å². The Morgan fingerprint density at radius 3 is 2.67 bits per heavy atom. The average molecular weight is 402 g/mol. The van der Waals surface area contributed by atoms with E-state index in [0.717, 1.165) is 33.5 Å². The molecule has 1 N–H and O–H groups in total. The van der Waals surface area contributed by atoms with Gasteiger partial charge >= 0.3 is 5.97 Å². The summed E-state index contributed by atoms with van der Waals surface area (Å²) in [7, 11) is 0. The number of ether oxygens (including phenoxy) is 1. The molecule has 1 aromatic heterocycles. The molecular weight excluding hydrogens is 378 g/mol. The van der Waals surface area contributed by atoms with Crippen molar-refractivity contribution in [3.63, 3.8) is 0 Å². The van der Waals surface area contributed by atoms with Crippen molar-refractivity contribution in [3.8, 4) is 0 Å². The Bertz CT molecular complexity index is 904. The Balaban J connectivity index is 2.03. The van der Waals surface area contributed by atoms with Gasteiger partial charge in [0, 0.05) is 33.8 Å². The predicted molar refractivity (Wildman–Crippen MR) is 115 cm³/mol. The maximum atomic E-state index is 12.3. The largest absolute Gasteiger partial charge is 0.466 e. The zero-order valence-corrected chi connectivity index (χ0v) is 17.2. The second kappa shape index (κ2) is 9.34. The number of nitrogens with one attached hydrogen (secondary N) is 1. The first-order valence-electron chi connectivity index (χ1n) is 9.21.